The lowest BCUT2D eigenvalue weighted by molar-refractivity contribution is 0.403. The maximum atomic E-state index is 6.11. The average molecular weight is 303 g/mol. The largest absolute Gasteiger partial charge is 0.378 e. The van der Waals surface area contributed by atoms with Gasteiger partial charge in [-0.15, -0.1) is 0 Å². The number of nitrogens with zero attached hydrogens (tertiary/aromatic N) is 1. The molecule has 0 saturated carbocycles. The number of rotatable bonds is 6. The monoisotopic (exact) mass is 302 g/mol. The molecular weight excluding hydrogens is 280 g/mol. The summed E-state index contributed by atoms with van der Waals surface area (Å²) in [6.07, 6.45) is 1.01. The standard InChI is InChI=1S/C18H23ClN2/c1-4-17(14-9-7-10-16(19)12-14)20-18-11-6-5-8-15(18)13-21(2)3/h5-12,17,20H,4,13H2,1-3H3. The Balaban J connectivity index is 2.23. The molecular formula is C18H23ClN2. The minimum atomic E-state index is 0.270. The molecule has 1 N–H and O–H groups in total. The molecule has 0 aliphatic rings. The first-order valence-electron chi connectivity index (χ1n) is 7.34. The zero-order valence-corrected chi connectivity index (χ0v) is 13.7. The van der Waals surface area contributed by atoms with Gasteiger partial charge < -0.3 is 10.2 Å². The van der Waals surface area contributed by atoms with Gasteiger partial charge in [-0.3, -0.25) is 0 Å². The van der Waals surface area contributed by atoms with Crippen LogP contribution in [0.2, 0.25) is 5.02 Å². The molecule has 1 atom stereocenters. The summed E-state index contributed by atoms with van der Waals surface area (Å²) < 4.78 is 0. The van der Waals surface area contributed by atoms with E-state index in [4.69, 9.17) is 11.6 Å². The maximum absolute atomic E-state index is 6.11. The summed E-state index contributed by atoms with van der Waals surface area (Å²) in [5.41, 5.74) is 3.73. The van der Waals surface area contributed by atoms with Crippen LogP contribution in [0.1, 0.15) is 30.5 Å². The van der Waals surface area contributed by atoms with Crippen LogP contribution in [-0.4, -0.2) is 19.0 Å². The van der Waals surface area contributed by atoms with Crippen LogP contribution in [-0.2, 0) is 6.54 Å². The van der Waals surface area contributed by atoms with Crippen LogP contribution in [0.3, 0.4) is 0 Å². The molecule has 3 heteroatoms. The highest BCUT2D eigenvalue weighted by molar-refractivity contribution is 6.30. The van der Waals surface area contributed by atoms with E-state index in [1.807, 2.05) is 18.2 Å². The van der Waals surface area contributed by atoms with Crippen molar-refractivity contribution in [3.05, 3.63) is 64.7 Å². The lowest BCUT2D eigenvalue weighted by atomic mass is 10.0. The number of hydrogen-bond donors (Lipinski definition) is 1. The zero-order valence-electron chi connectivity index (χ0n) is 12.9. The van der Waals surface area contributed by atoms with Gasteiger partial charge >= 0.3 is 0 Å². The van der Waals surface area contributed by atoms with Gasteiger partial charge in [0.05, 0.1) is 6.04 Å². The third-order valence-corrected chi connectivity index (χ3v) is 3.73. The van der Waals surface area contributed by atoms with E-state index in [2.05, 4.69) is 61.6 Å². The summed E-state index contributed by atoms with van der Waals surface area (Å²) in [6, 6.07) is 16.8. The number of halogens is 1. The Hall–Kier alpha value is -1.51. The summed E-state index contributed by atoms with van der Waals surface area (Å²) in [7, 11) is 4.18. The van der Waals surface area contributed by atoms with E-state index in [1.165, 1.54) is 16.8 Å². The van der Waals surface area contributed by atoms with Gasteiger partial charge in [0.15, 0.2) is 0 Å². The first kappa shape index (κ1) is 15.9. The molecule has 0 radical (unpaired) electrons. The molecule has 112 valence electrons. The number of benzene rings is 2. The van der Waals surface area contributed by atoms with Crippen LogP contribution in [0.25, 0.3) is 0 Å². The summed E-state index contributed by atoms with van der Waals surface area (Å²) in [5, 5.41) is 4.45. The van der Waals surface area contributed by atoms with Crippen LogP contribution in [0.15, 0.2) is 48.5 Å². The summed E-state index contributed by atoms with van der Waals surface area (Å²) >= 11 is 6.11. The molecule has 0 fully saturated rings. The highest BCUT2D eigenvalue weighted by Gasteiger charge is 2.11. The molecule has 0 aromatic heterocycles. The van der Waals surface area contributed by atoms with Gasteiger partial charge in [-0.25, -0.2) is 0 Å². The molecule has 0 saturated heterocycles. The topological polar surface area (TPSA) is 15.3 Å². The number of hydrogen-bond acceptors (Lipinski definition) is 2. The SMILES string of the molecule is CCC(Nc1ccccc1CN(C)C)c1cccc(Cl)c1. The van der Waals surface area contributed by atoms with Crippen molar-refractivity contribution in [3.63, 3.8) is 0 Å². The molecule has 21 heavy (non-hydrogen) atoms. The first-order valence-corrected chi connectivity index (χ1v) is 7.72. The van der Waals surface area contributed by atoms with Crippen molar-refractivity contribution in [1.82, 2.24) is 4.90 Å². The third-order valence-electron chi connectivity index (χ3n) is 3.49. The summed E-state index contributed by atoms with van der Waals surface area (Å²) in [5.74, 6) is 0. The fourth-order valence-corrected chi connectivity index (χ4v) is 2.67. The minimum absolute atomic E-state index is 0.270. The summed E-state index contributed by atoms with van der Waals surface area (Å²) in [6.45, 7) is 3.11. The fraction of sp³-hybridized carbons (Fsp3) is 0.333. The third kappa shape index (κ3) is 4.48. The first-order chi connectivity index (χ1) is 10.1. The van der Waals surface area contributed by atoms with Crippen LogP contribution in [0.4, 0.5) is 5.69 Å². The lowest BCUT2D eigenvalue weighted by Gasteiger charge is -2.22. The van der Waals surface area contributed by atoms with Crippen molar-refractivity contribution in [2.75, 3.05) is 19.4 Å². The highest BCUT2D eigenvalue weighted by atomic mass is 35.5. The van der Waals surface area contributed by atoms with E-state index in [0.717, 1.165) is 18.0 Å². The van der Waals surface area contributed by atoms with Gasteiger partial charge in [-0.1, -0.05) is 48.9 Å². The smallest absolute Gasteiger partial charge is 0.0511 e. The Labute approximate surface area is 132 Å². The average Bonchev–Trinajstić information content (AvgIpc) is 2.45. The van der Waals surface area contributed by atoms with E-state index in [1.54, 1.807) is 0 Å². The van der Waals surface area contributed by atoms with Gasteiger partial charge in [-0.2, -0.15) is 0 Å². The Morgan fingerprint density at radius 1 is 1.10 bits per heavy atom. The Bertz CT molecular complexity index is 581. The number of para-hydroxylation sites is 1. The Morgan fingerprint density at radius 3 is 2.52 bits per heavy atom. The second-order valence-electron chi connectivity index (χ2n) is 5.56. The number of anilines is 1. The van der Waals surface area contributed by atoms with Crippen molar-refractivity contribution in [1.29, 1.82) is 0 Å². The highest BCUT2D eigenvalue weighted by Crippen LogP contribution is 2.27. The maximum Gasteiger partial charge on any atom is 0.0511 e. The van der Waals surface area contributed by atoms with Crippen molar-refractivity contribution in [2.24, 2.45) is 0 Å². The predicted molar refractivity (Wildman–Crippen MR) is 91.9 cm³/mol. The second-order valence-corrected chi connectivity index (χ2v) is 5.99. The van der Waals surface area contributed by atoms with Crippen molar-refractivity contribution < 1.29 is 0 Å². The van der Waals surface area contributed by atoms with Gasteiger partial charge in [0.2, 0.25) is 0 Å². The van der Waals surface area contributed by atoms with E-state index >= 15 is 0 Å². The molecule has 2 aromatic rings. The molecule has 0 spiro atoms. The molecule has 0 aliphatic heterocycles. The van der Waals surface area contributed by atoms with E-state index < -0.39 is 0 Å². The molecule has 2 nitrogen and oxygen atoms in total. The molecule has 0 bridgehead atoms. The van der Waals surface area contributed by atoms with Gasteiger partial charge in [0.25, 0.3) is 0 Å². The molecule has 0 amide bonds. The minimum Gasteiger partial charge on any atom is -0.378 e. The van der Waals surface area contributed by atoms with Crippen LogP contribution in [0, 0.1) is 0 Å². The number of nitrogens with one attached hydrogen (secondary N) is 1. The quantitative estimate of drug-likeness (QED) is 0.811. The Morgan fingerprint density at radius 2 is 1.86 bits per heavy atom. The fourth-order valence-electron chi connectivity index (χ4n) is 2.47. The van der Waals surface area contributed by atoms with Gasteiger partial charge in [0.1, 0.15) is 0 Å². The molecule has 0 aliphatic carbocycles. The van der Waals surface area contributed by atoms with Gasteiger partial charge in [-0.05, 0) is 49.8 Å². The van der Waals surface area contributed by atoms with Crippen molar-refractivity contribution >= 4 is 17.3 Å². The van der Waals surface area contributed by atoms with E-state index in [9.17, 15) is 0 Å². The van der Waals surface area contributed by atoms with E-state index in [0.29, 0.717) is 0 Å². The molecule has 0 heterocycles. The predicted octanol–water partition coefficient (Wildman–Crippen LogP) is 4.96. The normalized spacial score (nSPS) is 12.4. The molecule has 1 unspecified atom stereocenters. The zero-order chi connectivity index (χ0) is 15.2. The van der Waals surface area contributed by atoms with Crippen LogP contribution in [0.5, 0.6) is 0 Å². The second kappa shape index (κ2) is 7.48. The van der Waals surface area contributed by atoms with Gasteiger partial charge in [0, 0.05) is 17.3 Å². The Kier molecular flexibility index (Phi) is 5.66. The van der Waals surface area contributed by atoms with Crippen molar-refractivity contribution in [2.45, 2.75) is 25.9 Å². The molecule has 2 aromatic carbocycles. The van der Waals surface area contributed by atoms with E-state index in [-0.39, 0.29) is 6.04 Å². The van der Waals surface area contributed by atoms with Crippen molar-refractivity contribution in [3.8, 4) is 0 Å². The molecule has 2 rings (SSSR count). The summed E-state index contributed by atoms with van der Waals surface area (Å²) in [4.78, 5) is 2.18. The van der Waals surface area contributed by atoms with Crippen LogP contribution >= 0.6 is 11.6 Å². The van der Waals surface area contributed by atoms with Crippen LogP contribution < -0.4 is 5.32 Å². The lowest BCUT2D eigenvalue weighted by Crippen LogP contribution is -2.15.